The first-order valence-corrected chi connectivity index (χ1v) is 7.05. The maximum atomic E-state index is 5.57. The van der Waals surface area contributed by atoms with E-state index in [9.17, 15) is 0 Å². The first-order valence-electron chi connectivity index (χ1n) is 6.26. The molecule has 0 atom stereocenters. The van der Waals surface area contributed by atoms with Gasteiger partial charge in [0, 0.05) is 23.3 Å². The molecule has 0 aliphatic rings. The van der Waals surface area contributed by atoms with Gasteiger partial charge < -0.3 is 10.1 Å². The number of halogens is 1. The SMILES string of the molecule is CC(C)CCCOCCNc1ccccc1Br. The van der Waals surface area contributed by atoms with Crippen molar-refractivity contribution in [2.45, 2.75) is 26.7 Å². The van der Waals surface area contributed by atoms with Gasteiger partial charge in [-0.25, -0.2) is 0 Å². The molecule has 1 rings (SSSR count). The fraction of sp³-hybridized carbons (Fsp3) is 0.571. The van der Waals surface area contributed by atoms with Crippen LogP contribution in [0.1, 0.15) is 26.7 Å². The zero-order valence-electron chi connectivity index (χ0n) is 10.7. The highest BCUT2D eigenvalue weighted by atomic mass is 79.9. The number of hydrogen-bond donors (Lipinski definition) is 1. The molecule has 0 aliphatic heterocycles. The largest absolute Gasteiger partial charge is 0.382 e. The lowest BCUT2D eigenvalue weighted by molar-refractivity contribution is 0.137. The molecule has 0 saturated heterocycles. The molecular weight excluding hydrogens is 278 g/mol. The molecule has 0 aromatic heterocycles. The Morgan fingerprint density at radius 1 is 1.24 bits per heavy atom. The van der Waals surface area contributed by atoms with Crippen LogP contribution in [0.3, 0.4) is 0 Å². The summed E-state index contributed by atoms with van der Waals surface area (Å²) in [6.07, 6.45) is 2.41. The van der Waals surface area contributed by atoms with Crippen molar-refractivity contribution in [1.29, 1.82) is 0 Å². The normalized spacial score (nSPS) is 10.8. The van der Waals surface area contributed by atoms with Crippen LogP contribution in [-0.2, 0) is 4.74 Å². The molecule has 1 aromatic carbocycles. The minimum Gasteiger partial charge on any atom is -0.382 e. The Morgan fingerprint density at radius 3 is 2.71 bits per heavy atom. The molecule has 1 aromatic rings. The van der Waals surface area contributed by atoms with E-state index in [2.05, 4.69) is 41.2 Å². The second kappa shape index (κ2) is 8.54. The van der Waals surface area contributed by atoms with Crippen LogP contribution in [0.2, 0.25) is 0 Å². The van der Waals surface area contributed by atoms with E-state index >= 15 is 0 Å². The molecule has 0 heterocycles. The van der Waals surface area contributed by atoms with E-state index in [-0.39, 0.29) is 0 Å². The van der Waals surface area contributed by atoms with Crippen molar-refractivity contribution in [1.82, 2.24) is 0 Å². The van der Waals surface area contributed by atoms with Gasteiger partial charge in [-0.05, 0) is 46.8 Å². The molecule has 0 spiro atoms. The van der Waals surface area contributed by atoms with Crippen molar-refractivity contribution in [3.8, 4) is 0 Å². The van der Waals surface area contributed by atoms with E-state index in [4.69, 9.17) is 4.74 Å². The van der Waals surface area contributed by atoms with Crippen molar-refractivity contribution in [2.75, 3.05) is 25.1 Å². The molecule has 0 fully saturated rings. The quantitative estimate of drug-likeness (QED) is 0.722. The Bertz CT molecular complexity index is 315. The van der Waals surface area contributed by atoms with Gasteiger partial charge in [0.05, 0.1) is 6.61 Å². The number of para-hydroxylation sites is 1. The zero-order valence-corrected chi connectivity index (χ0v) is 12.3. The second-order valence-corrected chi connectivity index (χ2v) is 5.41. The molecular formula is C14H22BrNO. The van der Waals surface area contributed by atoms with Crippen LogP contribution in [0.25, 0.3) is 0 Å². The predicted octanol–water partition coefficient (Wildman–Crippen LogP) is 4.31. The van der Waals surface area contributed by atoms with Crippen LogP contribution in [-0.4, -0.2) is 19.8 Å². The maximum absolute atomic E-state index is 5.57. The van der Waals surface area contributed by atoms with Crippen LogP contribution < -0.4 is 5.32 Å². The molecule has 0 radical (unpaired) electrons. The van der Waals surface area contributed by atoms with E-state index in [0.29, 0.717) is 0 Å². The minimum atomic E-state index is 0.763. The summed E-state index contributed by atoms with van der Waals surface area (Å²) in [5.41, 5.74) is 1.12. The highest BCUT2D eigenvalue weighted by Crippen LogP contribution is 2.20. The third kappa shape index (κ3) is 6.69. The fourth-order valence-electron chi connectivity index (χ4n) is 1.56. The lowest BCUT2D eigenvalue weighted by Gasteiger charge is -2.09. The van der Waals surface area contributed by atoms with E-state index in [1.54, 1.807) is 0 Å². The van der Waals surface area contributed by atoms with Gasteiger partial charge in [0.1, 0.15) is 0 Å². The predicted molar refractivity (Wildman–Crippen MR) is 77.5 cm³/mol. The van der Waals surface area contributed by atoms with Crippen LogP contribution in [0, 0.1) is 5.92 Å². The van der Waals surface area contributed by atoms with E-state index in [1.165, 1.54) is 6.42 Å². The van der Waals surface area contributed by atoms with Gasteiger partial charge in [-0.1, -0.05) is 26.0 Å². The molecule has 3 heteroatoms. The van der Waals surface area contributed by atoms with Gasteiger partial charge in [-0.3, -0.25) is 0 Å². The summed E-state index contributed by atoms with van der Waals surface area (Å²) in [6, 6.07) is 8.13. The van der Waals surface area contributed by atoms with Gasteiger partial charge in [-0.2, -0.15) is 0 Å². The topological polar surface area (TPSA) is 21.3 Å². The average molecular weight is 300 g/mol. The number of benzene rings is 1. The summed E-state index contributed by atoms with van der Waals surface area (Å²) >= 11 is 3.50. The number of hydrogen-bond acceptors (Lipinski definition) is 2. The summed E-state index contributed by atoms with van der Waals surface area (Å²) < 4.78 is 6.66. The lowest BCUT2D eigenvalue weighted by Crippen LogP contribution is -2.10. The van der Waals surface area contributed by atoms with E-state index in [0.717, 1.165) is 42.3 Å². The van der Waals surface area contributed by atoms with E-state index in [1.807, 2.05) is 18.2 Å². The Morgan fingerprint density at radius 2 is 2.00 bits per heavy atom. The summed E-state index contributed by atoms with van der Waals surface area (Å²) in [4.78, 5) is 0. The van der Waals surface area contributed by atoms with Crippen molar-refractivity contribution >= 4 is 21.6 Å². The Hall–Kier alpha value is -0.540. The van der Waals surface area contributed by atoms with Crippen molar-refractivity contribution in [2.24, 2.45) is 5.92 Å². The molecule has 96 valence electrons. The van der Waals surface area contributed by atoms with Gasteiger partial charge in [-0.15, -0.1) is 0 Å². The van der Waals surface area contributed by atoms with Gasteiger partial charge in [0.25, 0.3) is 0 Å². The molecule has 0 amide bonds. The van der Waals surface area contributed by atoms with E-state index < -0.39 is 0 Å². The number of rotatable bonds is 8. The molecule has 0 bridgehead atoms. The summed E-state index contributed by atoms with van der Waals surface area (Å²) in [6.45, 7) is 6.97. The molecule has 2 nitrogen and oxygen atoms in total. The Kier molecular flexibility index (Phi) is 7.29. The average Bonchev–Trinajstić information content (AvgIpc) is 2.30. The van der Waals surface area contributed by atoms with Gasteiger partial charge >= 0.3 is 0 Å². The summed E-state index contributed by atoms with van der Waals surface area (Å²) in [5.74, 6) is 0.775. The van der Waals surface area contributed by atoms with Crippen LogP contribution in [0.15, 0.2) is 28.7 Å². The third-order valence-corrected chi connectivity index (χ3v) is 3.20. The van der Waals surface area contributed by atoms with Crippen molar-refractivity contribution < 1.29 is 4.74 Å². The summed E-state index contributed by atoms with van der Waals surface area (Å²) in [7, 11) is 0. The lowest BCUT2D eigenvalue weighted by atomic mass is 10.1. The number of ether oxygens (including phenoxy) is 1. The van der Waals surface area contributed by atoms with Crippen LogP contribution >= 0.6 is 15.9 Å². The smallest absolute Gasteiger partial charge is 0.0639 e. The number of nitrogens with one attached hydrogen (secondary N) is 1. The van der Waals surface area contributed by atoms with Crippen molar-refractivity contribution in [3.05, 3.63) is 28.7 Å². The molecule has 1 N–H and O–H groups in total. The Balaban J connectivity index is 2.03. The zero-order chi connectivity index (χ0) is 12.5. The minimum absolute atomic E-state index is 0.763. The highest BCUT2D eigenvalue weighted by Gasteiger charge is 1.97. The van der Waals surface area contributed by atoms with Crippen LogP contribution in [0.5, 0.6) is 0 Å². The number of anilines is 1. The van der Waals surface area contributed by atoms with Crippen LogP contribution in [0.4, 0.5) is 5.69 Å². The monoisotopic (exact) mass is 299 g/mol. The Labute approximate surface area is 113 Å². The van der Waals surface area contributed by atoms with Gasteiger partial charge in [0.2, 0.25) is 0 Å². The molecule has 0 saturated carbocycles. The standard InChI is InChI=1S/C14H22BrNO/c1-12(2)6-5-10-17-11-9-16-14-8-4-3-7-13(14)15/h3-4,7-8,12,16H,5-6,9-11H2,1-2H3. The fourth-order valence-corrected chi connectivity index (χ4v) is 1.98. The third-order valence-electron chi connectivity index (χ3n) is 2.51. The van der Waals surface area contributed by atoms with Crippen molar-refractivity contribution in [3.63, 3.8) is 0 Å². The molecule has 0 unspecified atom stereocenters. The molecule has 0 aliphatic carbocycles. The first-order chi connectivity index (χ1) is 8.20. The molecule has 17 heavy (non-hydrogen) atoms. The summed E-state index contributed by atoms with van der Waals surface area (Å²) in [5, 5.41) is 3.34. The maximum Gasteiger partial charge on any atom is 0.0639 e. The van der Waals surface area contributed by atoms with Gasteiger partial charge in [0.15, 0.2) is 0 Å². The second-order valence-electron chi connectivity index (χ2n) is 4.56. The highest BCUT2D eigenvalue weighted by molar-refractivity contribution is 9.10. The first kappa shape index (κ1) is 14.5.